The molecule has 0 bridgehead atoms. The largest absolute Gasteiger partial charge is 0.508 e. The van der Waals surface area contributed by atoms with E-state index in [1.54, 1.807) is 31.3 Å². The maximum Gasteiger partial charge on any atom is 0.331 e. The van der Waals surface area contributed by atoms with Gasteiger partial charge in [0.1, 0.15) is 35.7 Å². The number of aliphatic hydroxyl groups is 1. The number of aromatic nitrogens is 3. The first-order valence-corrected chi connectivity index (χ1v) is 20.9. The van der Waals surface area contributed by atoms with Crippen molar-refractivity contribution < 1.29 is 44.0 Å². The van der Waals surface area contributed by atoms with E-state index < -0.39 is 89.1 Å². The zero-order valence-electron chi connectivity index (χ0n) is 36.3. The number of phenols is 1. The third-order valence-corrected chi connectivity index (χ3v) is 11.6. The molecule has 0 aliphatic carbocycles. The predicted molar refractivity (Wildman–Crippen MR) is 233 cm³/mol. The number of aliphatic hydroxyl groups excluding tert-OH is 1. The molecule has 2 aliphatic heterocycles. The van der Waals surface area contributed by atoms with E-state index in [1.807, 2.05) is 52.0 Å². The van der Waals surface area contributed by atoms with Crippen molar-refractivity contribution in [3.8, 4) is 5.75 Å². The van der Waals surface area contributed by atoms with E-state index in [0.29, 0.717) is 5.56 Å². The lowest BCUT2D eigenvalue weighted by Crippen LogP contribution is -2.63. The summed E-state index contributed by atoms with van der Waals surface area (Å²) < 4.78 is 6.75. The molecule has 2 aliphatic rings. The van der Waals surface area contributed by atoms with Crippen LogP contribution in [0.2, 0.25) is 0 Å². The summed E-state index contributed by atoms with van der Waals surface area (Å²) in [5.41, 5.74) is 0.948. The maximum atomic E-state index is 14.3. The van der Waals surface area contributed by atoms with Crippen LogP contribution in [0.25, 0.3) is 10.9 Å². The molecule has 0 radical (unpaired) electrons. The van der Waals surface area contributed by atoms with Gasteiger partial charge in [-0.3, -0.25) is 34.0 Å². The molecule has 1 fully saturated rings. The standard InChI is InChI=1S/C44H55N9O11/c1-22(2)15-31(47-42(62)48-33(41(60)61)18-25-20-45-30-10-8-7-9-28(25)30)37(57)50-36(38(58)46-21-27-19-34(55)40(64-27)53-14-13-35(56)49-43(53)63)23(3)52(6)39(59)32-17-24-16-26(54)11-12-29(24)44(4,5)51-32/h7-14,16,20-23,31-34,36,40,45,51,54-55H,15,17-19H2,1-6H3,(H,46,58)(H,50,57)(H,60,61)(H2,47,48,62)(H,49,56,63)/b27-21-/t23?,31?,32?,33-,34+,36?,40+/m0/s1. The number of amides is 5. The van der Waals surface area contributed by atoms with Crippen molar-refractivity contribution in [3.05, 3.63) is 110 Å². The van der Waals surface area contributed by atoms with Crippen molar-refractivity contribution in [3.63, 3.8) is 0 Å². The molecule has 0 spiro atoms. The van der Waals surface area contributed by atoms with Crippen LogP contribution < -0.4 is 37.8 Å². The number of phenolic OH excluding ortho intramolecular Hbond substituents is 1. The number of benzene rings is 2. The first-order chi connectivity index (χ1) is 30.2. The molecule has 7 atom stereocenters. The summed E-state index contributed by atoms with van der Waals surface area (Å²) >= 11 is 0. The van der Waals surface area contributed by atoms with Crippen molar-refractivity contribution in [2.24, 2.45) is 5.92 Å². The molecule has 20 heteroatoms. The Morgan fingerprint density at radius 3 is 2.41 bits per heavy atom. The highest BCUT2D eigenvalue weighted by Gasteiger charge is 2.41. The minimum Gasteiger partial charge on any atom is -0.508 e. The fourth-order valence-electron chi connectivity index (χ4n) is 8.20. The van der Waals surface area contributed by atoms with Gasteiger partial charge in [0.15, 0.2) is 0 Å². The number of urea groups is 1. The number of carbonyl (C=O) groups is 5. The first kappa shape index (κ1) is 46.6. The number of aliphatic carboxylic acids is 1. The topological polar surface area (TPSA) is 289 Å². The number of carboxylic acids is 1. The molecule has 342 valence electrons. The summed E-state index contributed by atoms with van der Waals surface area (Å²) in [6.45, 7) is 8.97. The Bertz CT molecular complexity index is 2560. The lowest BCUT2D eigenvalue weighted by atomic mass is 9.82. The minimum atomic E-state index is -1.48. The highest BCUT2D eigenvalue weighted by atomic mass is 16.5. The van der Waals surface area contributed by atoms with E-state index in [-0.39, 0.29) is 43.1 Å². The number of H-pyrrole nitrogens is 2. The SMILES string of the molecule is CC(C)CC(NC(=O)N[C@@H](Cc1c[nH]c2ccccc12)C(=O)O)C(=O)NC(C(=O)N/C=C1/C[C@@H](O)[C@H](n2ccc(=O)[nH]c2=O)O1)C(C)N(C)C(=O)C1Cc2cc(O)ccc2C(C)(C)N1. The van der Waals surface area contributed by atoms with Gasteiger partial charge < -0.3 is 51.2 Å². The number of carboxylic acid groups (broad SMARTS) is 1. The van der Waals surface area contributed by atoms with E-state index >= 15 is 0 Å². The summed E-state index contributed by atoms with van der Waals surface area (Å²) in [6, 6.07) is 6.43. The number of rotatable bonds is 15. The molecule has 64 heavy (non-hydrogen) atoms. The number of nitrogens with one attached hydrogen (secondary N) is 7. The number of fused-ring (bicyclic) bond motifs is 2. The number of hydrogen-bond donors (Lipinski definition) is 10. The van der Waals surface area contributed by atoms with Crippen LogP contribution in [0.1, 0.15) is 70.4 Å². The van der Waals surface area contributed by atoms with Crippen molar-refractivity contribution >= 4 is 40.6 Å². The molecule has 2 aromatic heterocycles. The van der Waals surface area contributed by atoms with Gasteiger partial charge in [0.25, 0.3) is 5.56 Å². The Morgan fingerprint density at radius 2 is 1.70 bits per heavy atom. The number of aromatic hydroxyl groups is 1. The Balaban J connectivity index is 1.22. The number of hydrogen-bond acceptors (Lipinski definition) is 11. The van der Waals surface area contributed by atoms with Gasteiger partial charge in [-0.15, -0.1) is 0 Å². The van der Waals surface area contributed by atoms with Crippen LogP contribution in [0.15, 0.2) is 82.5 Å². The van der Waals surface area contributed by atoms with Crippen LogP contribution in [-0.2, 0) is 42.3 Å². The molecule has 2 aromatic carbocycles. The second-order valence-electron chi connectivity index (χ2n) is 17.2. The number of para-hydroxylation sites is 1. The maximum absolute atomic E-state index is 14.3. The van der Waals surface area contributed by atoms with Gasteiger partial charge in [-0.1, -0.05) is 38.1 Å². The minimum absolute atomic E-state index is 0.0415. The smallest absolute Gasteiger partial charge is 0.331 e. The molecular formula is C44H55N9O11. The van der Waals surface area contributed by atoms with Crippen LogP contribution in [-0.4, -0.2) is 108 Å². The van der Waals surface area contributed by atoms with E-state index in [2.05, 4.69) is 36.6 Å². The molecule has 4 aromatic rings. The Hall–Kier alpha value is -6.93. The highest BCUT2D eigenvalue weighted by molar-refractivity contribution is 5.94. The molecule has 1 saturated heterocycles. The average molecular weight is 886 g/mol. The molecule has 4 heterocycles. The third kappa shape index (κ3) is 10.6. The van der Waals surface area contributed by atoms with E-state index in [0.717, 1.165) is 45.1 Å². The molecule has 4 unspecified atom stereocenters. The van der Waals surface area contributed by atoms with Crippen molar-refractivity contribution in [1.82, 2.24) is 46.0 Å². The van der Waals surface area contributed by atoms with Crippen LogP contribution >= 0.6 is 0 Å². The van der Waals surface area contributed by atoms with E-state index in [4.69, 9.17) is 4.74 Å². The highest BCUT2D eigenvalue weighted by Crippen LogP contribution is 2.33. The first-order valence-electron chi connectivity index (χ1n) is 20.9. The predicted octanol–water partition coefficient (Wildman–Crippen LogP) is 1.15. The Kier molecular flexibility index (Phi) is 14.0. The van der Waals surface area contributed by atoms with Gasteiger partial charge >= 0.3 is 17.7 Å². The molecule has 20 nitrogen and oxygen atoms in total. The molecule has 0 saturated carbocycles. The van der Waals surface area contributed by atoms with Crippen LogP contribution in [0, 0.1) is 5.92 Å². The average Bonchev–Trinajstić information content (AvgIpc) is 3.81. The second kappa shape index (κ2) is 19.2. The van der Waals surface area contributed by atoms with Crippen LogP contribution in [0.5, 0.6) is 5.75 Å². The zero-order chi connectivity index (χ0) is 46.6. The summed E-state index contributed by atoms with van der Waals surface area (Å²) in [5.74, 6) is -3.43. The van der Waals surface area contributed by atoms with Gasteiger partial charge in [0.2, 0.25) is 23.9 Å². The summed E-state index contributed by atoms with van der Waals surface area (Å²) in [4.78, 5) is 99.0. The van der Waals surface area contributed by atoms with E-state index in [1.165, 1.54) is 11.9 Å². The number of carbonyl (C=O) groups excluding carboxylic acids is 4. The van der Waals surface area contributed by atoms with Crippen molar-refractivity contribution in [2.45, 2.75) is 108 Å². The Labute approximate surface area is 367 Å². The lowest BCUT2D eigenvalue weighted by Gasteiger charge is -2.41. The van der Waals surface area contributed by atoms with Gasteiger partial charge in [0.05, 0.1) is 12.1 Å². The summed E-state index contributed by atoms with van der Waals surface area (Å²) in [5, 5.41) is 45.5. The van der Waals surface area contributed by atoms with Crippen molar-refractivity contribution in [2.75, 3.05) is 7.05 Å². The molecule has 5 amide bonds. The number of aromatic amines is 2. The zero-order valence-corrected chi connectivity index (χ0v) is 36.3. The van der Waals surface area contributed by atoms with Crippen LogP contribution in [0.4, 0.5) is 4.79 Å². The van der Waals surface area contributed by atoms with Gasteiger partial charge in [0, 0.05) is 61.0 Å². The number of ether oxygens (including phenoxy) is 1. The number of likely N-dealkylation sites (N-methyl/N-ethyl adjacent to an activating group) is 1. The second-order valence-corrected chi connectivity index (χ2v) is 17.2. The van der Waals surface area contributed by atoms with Crippen molar-refractivity contribution in [1.29, 1.82) is 0 Å². The fourth-order valence-corrected chi connectivity index (χ4v) is 8.20. The quantitative estimate of drug-likeness (QED) is 0.0805. The Morgan fingerprint density at radius 1 is 0.984 bits per heavy atom. The monoisotopic (exact) mass is 885 g/mol. The number of nitrogens with zero attached hydrogens (tertiary/aromatic N) is 2. The lowest BCUT2D eigenvalue weighted by molar-refractivity contribution is -0.139. The molecular weight excluding hydrogens is 831 g/mol. The third-order valence-electron chi connectivity index (χ3n) is 11.6. The normalized spacial score (nSPS) is 20.3. The van der Waals surface area contributed by atoms with Gasteiger partial charge in [-0.25, -0.2) is 14.4 Å². The van der Waals surface area contributed by atoms with E-state index in [9.17, 15) is 48.9 Å². The fraction of sp³-hybridized carbons (Fsp3) is 0.432. The van der Waals surface area contributed by atoms with Crippen LogP contribution in [0.3, 0.4) is 0 Å². The summed E-state index contributed by atoms with van der Waals surface area (Å²) in [7, 11) is 1.48. The van der Waals surface area contributed by atoms with Gasteiger partial charge in [-0.05, 0) is 74.4 Å². The summed E-state index contributed by atoms with van der Waals surface area (Å²) in [6.07, 6.45) is 1.58. The van der Waals surface area contributed by atoms with Gasteiger partial charge in [-0.2, -0.15) is 0 Å². The molecule has 6 rings (SSSR count). The molecule has 10 N–H and O–H groups in total.